The van der Waals surface area contributed by atoms with Gasteiger partial charge >= 0.3 is 0 Å². The average Bonchev–Trinajstić information content (AvgIpc) is 3.15. The molecule has 152 valence electrons. The third-order valence-electron chi connectivity index (χ3n) is 6.04. The monoisotopic (exact) mass is 395 g/mol. The number of likely N-dealkylation sites (tertiary alicyclic amines) is 1. The first kappa shape index (κ1) is 19.4. The van der Waals surface area contributed by atoms with Crippen LogP contribution in [-0.4, -0.2) is 54.3 Å². The minimum Gasteiger partial charge on any atom is -0.368 e. The summed E-state index contributed by atoms with van der Waals surface area (Å²) in [5, 5.41) is 0. The number of carbonyl (C=O) groups excluding carboxylic acids is 2. The molecule has 6 heteroatoms. The molecule has 2 fully saturated rings. The number of nitrogens with zero attached hydrogens (tertiary/aromatic N) is 3. The number of amides is 2. The highest BCUT2D eigenvalue weighted by molar-refractivity contribution is 5.89. The van der Waals surface area contributed by atoms with E-state index in [-0.39, 0.29) is 36.0 Å². The lowest BCUT2D eigenvalue weighted by atomic mass is 10.1. The van der Waals surface area contributed by atoms with Gasteiger partial charge in [-0.1, -0.05) is 30.3 Å². The molecule has 2 saturated heterocycles. The van der Waals surface area contributed by atoms with Gasteiger partial charge in [-0.15, -0.1) is 0 Å². The van der Waals surface area contributed by atoms with Crippen LogP contribution < -0.4 is 4.90 Å². The summed E-state index contributed by atoms with van der Waals surface area (Å²) in [7, 11) is 0. The second kappa shape index (κ2) is 8.23. The molecule has 0 aromatic heterocycles. The van der Waals surface area contributed by atoms with Gasteiger partial charge in [-0.2, -0.15) is 0 Å². The molecule has 0 aliphatic carbocycles. The van der Waals surface area contributed by atoms with E-state index in [1.165, 1.54) is 12.1 Å². The van der Waals surface area contributed by atoms with E-state index < -0.39 is 0 Å². The van der Waals surface area contributed by atoms with Crippen molar-refractivity contribution in [2.45, 2.75) is 19.4 Å². The Bertz CT molecular complexity index is 863. The second-order valence-corrected chi connectivity index (χ2v) is 7.82. The van der Waals surface area contributed by atoms with Gasteiger partial charge in [0.2, 0.25) is 11.8 Å². The molecule has 0 radical (unpaired) electrons. The number of benzene rings is 2. The van der Waals surface area contributed by atoms with E-state index >= 15 is 0 Å². The van der Waals surface area contributed by atoms with Crippen molar-refractivity contribution in [2.24, 2.45) is 5.92 Å². The van der Waals surface area contributed by atoms with Gasteiger partial charge in [0.15, 0.2) is 0 Å². The molecule has 2 aliphatic heterocycles. The van der Waals surface area contributed by atoms with Crippen LogP contribution in [0.25, 0.3) is 0 Å². The van der Waals surface area contributed by atoms with Crippen LogP contribution in [0.2, 0.25) is 0 Å². The Morgan fingerprint density at radius 2 is 1.66 bits per heavy atom. The van der Waals surface area contributed by atoms with Crippen molar-refractivity contribution in [3.63, 3.8) is 0 Å². The van der Waals surface area contributed by atoms with E-state index in [9.17, 15) is 14.0 Å². The number of piperazine rings is 1. The van der Waals surface area contributed by atoms with Crippen LogP contribution in [0.5, 0.6) is 0 Å². The van der Waals surface area contributed by atoms with Crippen LogP contribution in [0.3, 0.4) is 0 Å². The molecule has 2 atom stereocenters. The average molecular weight is 395 g/mol. The summed E-state index contributed by atoms with van der Waals surface area (Å²) in [5.41, 5.74) is 2.05. The number of anilines is 1. The smallest absolute Gasteiger partial charge is 0.228 e. The van der Waals surface area contributed by atoms with Crippen molar-refractivity contribution in [1.82, 2.24) is 9.80 Å². The molecule has 0 N–H and O–H groups in total. The van der Waals surface area contributed by atoms with Crippen LogP contribution in [0.1, 0.15) is 24.9 Å². The minimum absolute atomic E-state index is 0.0307. The molecular weight excluding hydrogens is 369 g/mol. The van der Waals surface area contributed by atoms with E-state index in [1.54, 1.807) is 12.1 Å². The van der Waals surface area contributed by atoms with Gasteiger partial charge in [0, 0.05) is 44.8 Å². The Kier molecular flexibility index (Phi) is 5.51. The van der Waals surface area contributed by atoms with Gasteiger partial charge in [0.1, 0.15) is 5.82 Å². The zero-order valence-corrected chi connectivity index (χ0v) is 16.6. The summed E-state index contributed by atoms with van der Waals surface area (Å²) in [6.45, 7) is 5.15. The molecule has 0 unspecified atom stereocenters. The summed E-state index contributed by atoms with van der Waals surface area (Å²) >= 11 is 0. The van der Waals surface area contributed by atoms with Crippen LogP contribution in [0, 0.1) is 11.7 Å². The first-order chi connectivity index (χ1) is 14.0. The molecule has 0 bridgehead atoms. The molecule has 2 aromatic rings. The van der Waals surface area contributed by atoms with Crippen molar-refractivity contribution in [2.75, 3.05) is 37.6 Å². The van der Waals surface area contributed by atoms with Crippen molar-refractivity contribution in [1.29, 1.82) is 0 Å². The van der Waals surface area contributed by atoms with Crippen LogP contribution in [0.4, 0.5) is 10.1 Å². The largest absolute Gasteiger partial charge is 0.368 e. The van der Waals surface area contributed by atoms with Gasteiger partial charge in [-0.25, -0.2) is 4.39 Å². The third kappa shape index (κ3) is 4.11. The van der Waals surface area contributed by atoms with Crippen molar-refractivity contribution in [3.05, 3.63) is 66.0 Å². The predicted octanol–water partition coefficient (Wildman–Crippen LogP) is 3.08. The molecule has 2 heterocycles. The van der Waals surface area contributed by atoms with Crippen molar-refractivity contribution in [3.8, 4) is 0 Å². The quantitative estimate of drug-likeness (QED) is 0.799. The molecule has 2 aromatic carbocycles. The second-order valence-electron chi connectivity index (χ2n) is 7.82. The maximum atomic E-state index is 13.1. The minimum atomic E-state index is -0.272. The van der Waals surface area contributed by atoms with Crippen LogP contribution >= 0.6 is 0 Å². The molecular formula is C23H26FN3O2. The maximum absolute atomic E-state index is 13.1. The molecule has 2 amide bonds. The Morgan fingerprint density at radius 1 is 1.00 bits per heavy atom. The van der Waals surface area contributed by atoms with E-state index in [0.717, 1.165) is 11.3 Å². The maximum Gasteiger partial charge on any atom is 0.228 e. The van der Waals surface area contributed by atoms with E-state index in [1.807, 2.05) is 47.1 Å². The van der Waals surface area contributed by atoms with Crippen molar-refractivity contribution < 1.29 is 14.0 Å². The first-order valence-electron chi connectivity index (χ1n) is 10.2. The summed E-state index contributed by atoms with van der Waals surface area (Å²) in [5.74, 6) is -0.404. The van der Waals surface area contributed by atoms with E-state index in [2.05, 4.69) is 4.90 Å². The fraction of sp³-hybridized carbons (Fsp3) is 0.391. The summed E-state index contributed by atoms with van der Waals surface area (Å²) < 4.78 is 13.1. The number of rotatable bonds is 4. The number of halogens is 1. The highest BCUT2D eigenvalue weighted by Crippen LogP contribution is 2.29. The molecule has 4 rings (SSSR count). The van der Waals surface area contributed by atoms with Crippen LogP contribution in [-0.2, 0) is 9.59 Å². The zero-order valence-electron chi connectivity index (χ0n) is 16.6. The Labute approximate surface area is 170 Å². The SMILES string of the molecule is C[C@H](c1ccccc1)N1C[C@H](C(=O)N2CCN(c3ccc(F)cc3)CC2)CC1=O. The number of hydrogen-bond donors (Lipinski definition) is 0. The molecule has 0 spiro atoms. The highest BCUT2D eigenvalue weighted by atomic mass is 19.1. The van der Waals surface area contributed by atoms with E-state index in [0.29, 0.717) is 32.7 Å². The fourth-order valence-corrected chi connectivity index (χ4v) is 4.28. The highest BCUT2D eigenvalue weighted by Gasteiger charge is 2.39. The third-order valence-corrected chi connectivity index (χ3v) is 6.04. The molecule has 5 nitrogen and oxygen atoms in total. The summed E-state index contributed by atoms with van der Waals surface area (Å²) in [6, 6.07) is 16.3. The lowest BCUT2D eigenvalue weighted by Gasteiger charge is -2.37. The fourth-order valence-electron chi connectivity index (χ4n) is 4.28. The Balaban J connectivity index is 1.34. The predicted molar refractivity (Wildman–Crippen MR) is 110 cm³/mol. The zero-order chi connectivity index (χ0) is 20.4. The topological polar surface area (TPSA) is 43.9 Å². The van der Waals surface area contributed by atoms with E-state index in [4.69, 9.17) is 0 Å². The molecule has 0 saturated carbocycles. The standard InChI is InChI=1S/C23H26FN3O2/c1-17(18-5-3-2-4-6-18)27-16-19(15-22(27)28)23(29)26-13-11-25(12-14-26)21-9-7-20(24)8-10-21/h2-10,17,19H,11-16H2,1H3/t17-,19-/m1/s1. The lowest BCUT2D eigenvalue weighted by Crippen LogP contribution is -2.50. The lowest BCUT2D eigenvalue weighted by molar-refractivity contribution is -0.136. The summed E-state index contributed by atoms with van der Waals surface area (Å²) in [4.78, 5) is 31.4. The van der Waals surface area contributed by atoms with Crippen molar-refractivity contribution >= 4 is 17.5 Å². The Hall–Kier alpha value is -2.89. The Morgan fingerprint density at radius 3 is 2.31 bits per heavy atom. The number of carbonyl (C=O) groups is 2. The van der Waals surface area contributed by atoms with Gasteiger partial charge in [-0.3, -0.25) is 9.59 Å². The molecule has 29 heavy (non-hydrogen) atoms. The van der Waals surface area contributed by atoms with Gasteiger partial charge in [0.25, 0.3) is 0 Å². The summed E-state index contributed by atoms with van der Waals surface area (Å²) in [6.07, 6.45) is 0.286. The number of hydrogen-bond acceptors (Lipinski definition) is 3. The molecule has 2 aliphatic rings. The van der Waals surface area contributed by atoms with Gasteiger partial charge in [0.05, 0.1) is 12.0 Å². The van der Waals surface area contributed by atoms with Crippen LogP contribution in [0.15, 0.2) is 54.6 Å². The normalized spacial score (nSPS) is 20.8. The van der Waals surface area contributed by atoms with Gasteiger partial charge in [-0.05, 0) is 36.8 Å². The first-order valence-corrected chi connectivity index (χ1v) is 10.2. The van der Waals surface area contributed by atoms with Gasteiger partial charge < -0.3 is 14.7 Å².